The Morgan fingerprint density at radius 2 is 1.91 bits per heavy atom. The SMILES string of the molecule is CCOC(=O)N1c2cc(OC)c(OCC)cc2C(=O)N(C)C1C. The van der Waals surface area contributed by atoms with Gasteiger partial charge in [-0.05, 0) is 26.8 Å². The van der Waals surface area contributed by atoms with E-state index in [0.29, 0.717) is 29.4 Å². The molecule has 2 amide bonds. The average Bonchev–Trinajstić information content (AvgIpc) is 2.53. The zero-order valence-corrected chi connectivity index (χ0v) is 14.1. The third-order valence-electron chi connectivity index (χ3n) is 3.79. The first-order valence-electron chi connectivity index (χ1n) is 7.54. The van der Waals surface area contributed by atoms with Gasteiger partial charge in [-0.3, -0.25) is 9.69 Å². The molecule has 0 saturated carbocycles. The zero-order chi connectivity index (χ0) is 17.1. The number of amides is 2. The van der Waals surface area contributed by atoms with E-state index in [9.17, 15) is 9.59 Å². The maximum absolute atomic E-state index is 12.6. The Morgan fingerprint density at radius 3 is 2.48 bits per heavy atom. The van der Waals surface area contributed by atoms with E-state index in [2.05, 4.69) is 0 Å². The first-order chi connectivity index (χ1) is 11.0. The lowest BCUT2D eigenvalue weighted by atomic mass is 10.1. The minimum atomic E-state index is -0.508. The normalized spacial score (nSPS) is 16.9. The summed E-state index contributed by atoms with van der Waals surface area (Å²) in [6.07, 6.45) is -0.969. The molecule has 1 atom stereocenters. The van der Waals surface area contributed by atoms with Crippen LogP contribution >= 0.6 is 0 Å². The lowest BCUT2D eigenvalue weighted by molar-refractivity contribution is 0.0713. The molecule has 0 fully saturated rings. The quantitative estimate of drug-likeness (QED) is 0.852. The predicted octanol–water partition coefficient (Wildman–Crippen LogP) is 2.49. The molecule has 1 aromatic carbocycles. The lowest BCUT2D eigenvalue weighted by Crippen LogP contribution is -2.54. The molecule has 7 heteroatoms. The topological polar surface area (TPSA) is 68.3 Å². The predicted molar refractivity (Wildman–Crippen MR) is 85.2 cm³/mol. The second kappa shape index (κ2) is 6.76. The van der Waals surface area contributed by atoms with E-state index in [-0.39, 0.29) is 12.5 Å². The summed E-state index contributed by atoms with van der Waals surface area (Å²) in [4.78, 5) is 27.8. The Balaban J connectivity index is 2.60. The minimum Gasteiger partial charge on any atom is -0.493 e. The van der Waals surface area contributed by atoms with Gasteiger partial charge in [0, 0.05) is 13.1 Å². The van der Waals surface area contributed by atoms with Gasteiger partial charge >= 0.3 is 6.09 Å². The highest BCUT2D eigenvalue weighted by Gasteiger charge is 2.38. The summed E-state index contributed by atoms with van der Waals surface area (Å²) < 4.78 is 16.0. The average molecular weight is 322 g/mol. The molecule has 1 aromatic rings. The fourth-order valence-electron chi connectivity index (χ4n) is 2.53. The Hall–Kier alpha value is -2.44. The molecule has 0 bridgehead atoms. The molecule has 23 heavy (non-hydrogen) atoms. The highest BCUT2D eigenvalue weighted by Crippen LogP contribution is 2.39. The van der Waals surface area contributed by atoms with Gasteiger partial charge in [-0.25, -0.2) is 4.79 Å². The molecular formula is C16H22N2O5. The maximum atomic E-state index is 12.6. The van der Waals surface area contributed by atoms with Crippen molar-refractivity contribution in [2.75, 3.05) is 32.3 Å². The first-order valence-corrected chi connectivity index (χ1v) is 7.54. The third-order valence-corrected chi connectivity index (χ3v) is 3.79. The van der Waals surface area contributed by atoms with Gasteiger partial charge in [0.15, 0.2) is 11.5 Å². The van der Waals surface area contributed by atoms with E-state index in [1.54, 1.807) is 33.0 Å². The van der Waals surface area contributed by atoms with Gasteiger partial charge in [0.1, 0.15) is 6.17 Å². The van der Waals surface area contributed by atoms with Crippen LogP contribution in [0.5, 0.6) is 11.5 Å². The van der Waals surface area contributed by atoms with E-state index in [1.807, 2.05) is 6.92 Å². The zero-order valence-electron chi connectivity index (χ0n) is 14.1. The second-order valence-corrected chi connectivity index (χ2v) is 5.07. The second-order valence-electron chi connectivity index (χ2n) is 5.07. The summed E-state index contributed by atoms with van der Waals surface area (Å²) in [6, 6.07) is 3.24. The summed E-state index contributed by atoms with van der Waals surface area (Å²) in [5.74, 6) is 0.745. The number of ether oxygens (including phenoxy) is 3. The van der Waals surface area contributed by atoms with Crippen LogP contribution in [0.25, 0.3) is 0 Å². The number of methoxy groups -OCH3 is 1. The molecule has 1 aliphatic heterocycles. The number of carbonyl (C=O) groups is 2. The fraction of sp³-hybridized carbons (Fsp3) is 0.500. The number of hydrogen-bond donors (Lipinski definition) is 0. The van der Waals surface area contributed by atoms with Gasteiger partial charge in [-0.1, -0.05) is 0 Å². The Labute approximate surface area is 135 Å². The van der Waals surface area contributed by atoms with E-state index < -0.39 is 12.3 Å². The molecule has 126 valence electrons. The molecule has 1 aliphatic rings. The van der Waals surface area contributed by atoms with Crippen molar-refractivity contribution in [1.29, 1.82) is 0 Å². The Kier molecular flexibility index (Phi) is 4.98. The van der Waals surface area contributed by atoms with Crippen LogP contribution in [-0.2, 0) is 4.74 Å². The number of rotatable bonds is 4. The molecule has 0 aromatic heterocycles. The molecule has 0 radical (unpaired) electrons. The Morgan fingerprint density at radius 1 is 1.22 bits per heavy atom. The van der Waals surface area contributed by atoms with Gasteiger partial charge in [-0.2, -0.15) is 0 Å². The number of hydrogen-bond acceptors (Lipinski definition) is 5. The third kappa shape index (κ3) is 2.91. The van der Waals surface area contributed by atoms with Crippen LogP contribution in [0.3, 0.4) is 0 Å². The van der Waals surface area contributed by atoms with Gasteiger partial charge in [0.25, 0.3) is 5.91 Å². The van der Waals surface area contributed by atoms with Crippen molar-refractivity contribution >= 4 is 17.7 Å². The van der Waals surface area contributed by atoms with Crippen LogP contribution in [0.2, 0.25) is 0 Å². The van der Waals surface area contributed by atoms with E-state index in [4.69, 9.17) is 14.2 Å². The number of anilines is 1. The fourth-order valence-corrected chi connectivity index (χ4v) is 2.53. The largest absolute Gasteiger partial charge is 0.493 e. The van der Waals surface area contributed by atoms with E-state index in [1.165, 1.54) is 16.9 Å². The van der Waals surface area contributed by atoms with Gasteiger partial charge in [-0.15, -0.1) is 0 Å². The molecule has 0 saturated heterocycles. The van der Waals surface area contributed by atoms with Gasteiger partial charge in [0.05, 0.1) is 31.6 Å². The van der Waals surface area contributed by atoms with Crippen molar-refractivity contribution in [3.8, 4) is 11.5 Å². The number of fused-ring (bicyclic) bond motifs is 1. The monoisotopic (exact) mass is 322 g/mol. The van der Waals surface area contributed by atoms with Crippen LogP contribution < -0.4 is 14.4 Å². The van der Waals surface area contributed by atoms with E-state index in [0.717, 1.165) is 0 Å². The van der Waals surface area contributed by atoms with Crippen LogP contribution in [-0.4, -0.2) is 50.4 Å². The Bertz CT molecular complexity index is 617. The summed E-state index contributed by atoms with van der Waals surface area (Å²) in [7, 11) is 3.16. The van der Waals surface area contributed by atoms with Crippen LogP contribution in [0.15, 0.2) is 12.1 Å². The minimum absolute atomic E-state index is 0.184. The molecule has 0 aliphatic carbocycles. The first kappa shape index (κ1) is 16.9. The summed E-state index contributed by atoms with van der Waals surface area (Å²) >= 11 is 0. The molecular weight excluding hydrogens is 300 g/mol. The highest BCUT2D eigenvalue weighted by atomic mass is 16.6. The smallest absolute Gasteiger partial charge is 0.416 e. The van der Waals surface area contributed by atoms with Crippen molar-refractivity contribution in [2.24, 2.45) is 0 Å². The van der Waals surface area contributed by atoms with Crippen molar-refractivity contribution < 1.29 is 23.8 Å². The van der Waals surface area contributed by atoms with Gasteiger partial charge in [0.2, 0.25) is 0 Å². The number of benzene rings is 1. The highest BCUT2D eigenvalue weighted by molar-refractivity contribution is 6.07. The summed E-state index contributed by atoms with van der Waals surface area (Å²) in [5.41, 5.74) is 0.835. The summed E-state index contributed by atoms with van der Waals surface area (Å²) in [6.45, 7) is 6.04. The van der Waals surface area contributed by atoms with Crippen LogP contribution in [0, 0.1) is 0 Å². The van der Waals surface area contributed by atoms with Gasteiger partial charge < -0.3 is 19.1 Å². The van der Waals surface area contributed by atoms with Crippen molar-refractivity contribution in [3.05, 3.63) is 17.7 Å². The number of carbonyl (C=O) groups excluding carboxylic acids is 2. The van der Waals surface area contributed by atoms with E-state index >= 15 is 0 Å². The molecule has 1 heterocycles. The maximum Gasteiger partial charge on any atom is 0.416 e. The lowest BCUT2D eigenvalue weighted by Gasteiger charge is -2.40. The molecule has 0 N–H and O–H groups in total. The molecule has 1 unspecified atom stereocenters. The number of nitrogens with zero attached hydrogens (tertiary/aromatic N) is 2. The standard InChI is InChI=1S/C16H22N2O5/c1-6-22-14-8-11-12(9-13(14)21-5)18(16(20)23-7-2)10(3)17(4)15(11)19/h8-10H,6-7H2,1-5H3. The molecule has 2 rings (SSSR count). The van der Waals surface area contributed by atoms with Crippen molar-refractivity contribution in [2.45, 2.75) is 26.9 Å². The van der Waals surface area contributed by atoms with Crippen molar-refractivity contribution in [1.82, 2.24) is 4.90 Å². The summed E-state index contributed by atoms with van der Waals surface area (Å²) in [5, 5.41) is 0. The molecule has 7 nitrogen and oxygen atoms in total. The van der Waals surface area contributed by atoms with Crippen LogP contribution in [0.1, 0.15) is 31.1 Å². The van der Waals surface area contributed by atoms with Crippen molar-refractivity contribution in [3.63, 3.8) is 0 Å². The van der Waals surface area contributed by atoms with Crippen LogP contribution in [0.4, 0.5) is 10.5 Å². The molecule has 0 spiro atoms.